The summed E-state index contributed by atoms with van der Waals surface area (Å²) in [5, 5.41) is 6.66. The summed E-state index contributed by atoms with van der Waals surface area (Å²) in [4.78, 5) is 9.11. The van der Waals surface area contributed by atoms with Crippen molar-refractivity contribution in [1.82, 2.24) is 20.2 Å². The second kappa shape index (κ2) is 8.41. The van der Waals surface area contributed by atoms with Crippen LogP contribution >= 0.6 is 0 Å². The maximum absolute atomic E-state index is 4.60. The summed E-state index contributed by atoms with van der Waals surface area (Å²) >= 11 is 0. The Morgan fingerprint density at radius 2 is 2.05 bits per heavy atom. The molecular formula is C17H27N5. The van der Waals surface area contributed by atoms with Crippen molar-refractivity contribution in [3.05, 3.63) is 30.1 Å². The van der Waals surface area contributed by atoms with E-state index in [1.54, 1.807) is 0 Å². The Morgan fingerprint density at radius 1 is 1.23 bits per heavy atom. The minimum atomic E-state index is 0.862. The summed E-state index contributed by atoms with van der Waals surface area (Å²) in [5.41, 5.74) is 2.29. The molecule has 2 N–H and O–H groups in total. The smallest absolute Gasteiger partial charge is 0.191 e. The average Bonchev–Trinajstić information content (AvgIpc) is 2.84. The van der Waals surface area contributed by atoms with Crippen molar-refractivity contribution in [3.63, 3.8) is 0 Å². The fourth-order valence-electron chi connectivity index (χ4n) is 2.49. The number of nitrogens with one attached hydrogen (secondary N) is 2. The number of rotatable bonds is 7. The Kier molecular flexibility index (Phi) is 6.25. The molecule has 0 fully saturated rings. The molecule has 2 aromatic rings. The predicted octanol–water partition coefficient (Wildman–Crippen LogP) is 2.70. The van der Waals surface area contributed by atoms with Gasteiger partial charge in [-0.1, -0.05) is 19.1 Å². The SMILES string of the molecule is CCCN=C(NCC)NCCCn1c(C)nc2ccccc21. The van der Waals surface area contributed by atoms with E-state index in [0.717, 1.165) is 56.3 Å². The summed E-state index contributed by atoms with van der Waals surface area (Å²) in [6, 6.07) is 8.31. The normalized spacial score (nSPS) is 11.9. The highest BCUT2D eigenvalue weighted by Crippen LogP contribution is 2.15. The lowest BCUT2D eigenvalue weighted by Crippen LogP contribution is -2.38. The van der Waals surface area contributed by atoms with Gasteiger partial charge in [0.05, 0.1) is 11.0 Å². The molecule has 0 aliphatic heterocycles. The van der Waals surface area contributed by atoms with E-state index in [-0.39, 0.29) is 0 Å². The highest BCUT2D eigenvalue weighted by Gasteiger charge is 2.06. The van der Waals surface area contributed by atoms with Crippen LogP contribution in [0.4, 0.5) is 0 Å². The van der Waals surface area contributed by atoms with Crippen LogP contribution in [0.3, 0.4) is 0 Å². The highest BCUT2D eigenvalue weighted by molar-refractivity contribution is 5.79. The second-order valence-electron chi connectivity index (χ2n) is 5.34. The van der Waals surface area contributed by atoms with Crippen molar-refractivity contribution in [1.29, 1.82) is 0 Å². The molecule has 22 heavy (non-hydrogen) atoms. The molecule has 0 aliphatic rings. The molecule has 2 rings (SSSR count). The molecule has 1 heterocycles. The minimum Gasteiger partial charge on any atom is -0.357 e. The van der Waals surface area contributed by atoms with Gasteiger partial charge < -0.3 is 15.2 Å². The third-order valence-corrected chi connectivity index (χ3v) is 3.53. The van der Waals surface area contributed by atoms with Crippen LogP contribution in [-0.2, 0) is 6.54 Å². The average molecular weight is 301 g/mol. The number of aryl methyl sites for hydroxylation is 2. The number of aliphatic imine (C=N–C) groups is 1. The van der Waals surface area contributed by atoms with E-state index in [0.29, 0.717) is 0 Å². The topological polar surface area (TPSA) is 54.2 Å². The summed E-state index contributed by atoms with van der Waals surface area (Å²) in [5.74, 6) is 1.99. The van der Waals surface area contributed by atoms with Crippen molar-refractivity contribution in [3.8, 4) is 0 Å². The molecule has 0 saturated carbocycles. The zero-order chi connectivity index (χ0) is 15.8. The molecule has 0 radical (unpaired) electrons. The van der Waals surface area contributed by atoms with Crippen LogP contribution in [0.25, 0.3) is 11.0 Å². The first kappa shape index (κ1) is 16.3. The van der Waals surface area contributed by atoms with Crippen LogP contribution in [0, 0.1) is 6.92 Å². The van der Waals surface area contributed by atoms with Gasteiger partial charge in [-0.3, -0.25) is 4.99 Å². The number of aromatic nitrogens is 2. The van der Waals surface area contributed by atoms with E-state index in [1.165, 1.54) is 5.52 Å². The van der Waals surface area contributed by atoms with E-state index in [9.17, 15) is 0 Å². The third-order valence-electron chi connectivity index (χ3n) is 3.53. The Labute approximate surface area is 132 Å². The van der Waals surface area contributed by atoms with Crippen molar-refractivity contribution >= 4 is 17.0 Å². The lowest BCUT2D eigenvalue weighted by Gasteiger charge is -2.12. The predicted molar refractivity (Wildman–Crippen MR) is 93.4 cm³/mol. The van der Waals surface area contributed by atoms with E-state index in [4.69, 9.17) is 0 Å². The van der Waals surface area contributed by atoms with Gasteiger partial charge in [0.1, 0.15) is 5.82 Å². The fourth-order valence-corrected chi connectivity index (χ4v) is 2.49. The molecule has 0 spiro atoms. The second-order valence-corrected chi connectivity index (χ2v) is 5.34. The van der Waals surface area contributed by atoms with Crippen molar-refractivity contribution in [2.24, 2.45) is 4.99 Å². The van der Waals surface area contributed by atoms with Crippen molar-refractivity contribution < 1.29 is 0 Å². The first-order chi connectivity index (χ1) is 10.8. The van der Waals surface area contributed by atoms with Gasteiger partial charge in [0.25, 0.3) is 0 Å². The quantitative estimate of drug-likeness (QED) is 0.470. The number of hydrogen-bond acceptors (Lipinski definition) is 2. The molecular weight excluding hydrogens is 274 g/mol. The minimum absolute atomic E-state index is 0.862. The molecule has 0 atom stereocenters. The van der Waals surface area contributed by atoms with Crippen LogP contribution in [0.5, 0.6) is 0 Å². The van der Waals surface area contributed by atoms with Crippen LogP contribution in [0.2, 0.25) is 0 Å². The van der Waals surface area contributed by atoms with Gasteiger partial charge >= 0.3 is 0 Å². The Bertz CT molecular complexity index is 615. The number of para-hydroxylation sites is 2. The molecule has 1 aromatic carbocycles. The van der Waals surface area contributed by atoms with E-state index < -0.39 is 0 Å². The maximum atomic E-state index is 4.60. The van der Waals surface area contributed by atoms with Gasteiger partial charge in [0.2, 0.25) is 0 Å². The van der Waals surface area contributed by atoms with Crippen LogP contribution in [0.15, 0.2) is 29.3 Å². The lowest BCUT2D eigenvalue weighted by molar-refractivity contribution is 0.624. The van der Waals surface area contributed by atoms with Gasteiger partial charge in [-0.15, -0.1) is 0 Å². The van der Waals surface area contributed by atoms with Gasteiger partial charge in [-0.2, -0.15) is 0 Å². The molecule has 0 bridgehead atoms. The number of nitrogens with zero attached hydrogens (tertiary/aromatic N) is 3. The zero-order valence-corrected chi connectivity index (χ0v) is 13.9. The number of benzene rings is 1. The van der Waals surface area contributed by atoms with Crippen LogP contribution in [-0.4, -0.2) is 35.1 Å². The molecule has 0 unspecified atom stereocenters. The van der Waals surface area contributed by atoms with Crippen molar-refractivity contribution in [2.45, 2.75) is 40.2 Å². The summed E-state index contributed by atoms with van der Waals surface area (Å²) in [6.07, 6.45) is 2.11. The number of fused-ring (bicyclic) bond motifs is 1. The molecule has 0 amide bonds. The first-order valence-corrected chi connectivity index (χ1v) is 8.20. The summed E-state index contributed by atoms with van der Waals surface area (Å²) in [6.45, 7) is 9.92. The summed E-state index contributed by atoms with van der Waals surface area (Å²) < 4.78 is 2.28. The zero-order valence-electron chi connectivity index (χ0n) is 13.9. The van der Waals surface area contributed by atoms with Gasteiger partial charge in [0.15, 0.2) is 5.96 Å². The third kappa shape index (κ3) is 4.23. The van der Waals surface area contributed by atoms with E-state index in [2.05, 4.69) is 64.1 Å². The molecule has 120 valence electrons. The Hall–Kier alpha value is -2.04. The van der Waals surface area contributed by atoms with Crippen LogP contribution in [0.1, 0.15) is 32.5 Å². The number of imidazole rings is 1. The van der Waals surface area contributed by atoms with E-state index in [1.807, 2.05) is 6.07 Å². The lowest BCUT2D eigenvalue weighted by atomic mass is 10.3. The van der Waals surface area contributed by atoms with Gasteiger partial charge in [0, 0.05) is 26.2 Å². The maximum Gasteiger partial charge on any atom is 0.191 e. The Morgan fingerprint density at radius 3 is 2.82 bits per heavy atom. The number of hydrogen-bond donors (Lipinski definition) is 2. The first-order valence-electron chi connectivity index (χ1n) is 8.20. The molecule has 0 saturated heterocycles. The molecule has 5 heteroatoms. The molecule has 0 aliphatic carbocycles. The Balaban J connectivity index is 1.88. The van der Waals surface area contributed by atoms with Crippen molar-refractivity contribution in [2.75, 3.05) is 19.6 Å². The van der Waals surface area contributed by atoms with Gasteiger partial charge in [-0.25, -0.2) is 4.98 Å². The standard InChI is InChI=1S/C17H27N5/c1-4-11-19-17(18-5-2)20-12-8-13-22-14(3)21-15-9-6-7-10-16(15)22/h6-7,9-10H,4-5,8,11-13H2,1-3H3,(H2,18,19,20). The summed E-state index contributed by atoms with van der Waals surface area (Å²) in [7, 11) is 0. The number of guanidine groups is 1. The van der Waals surface area contributed by atoms with E-state index >= 15 is 0 Å². The largest absolute Gasteiger partial charge is 0.357 e. The monoisotopic (exact) mass is 301 g/mol. The highest BCUT2D eigenvalue weighted by atomic mass is 15.2. The van der Waals surface area contributed by atoms with Gasteiger partial charge in [-0.05, 0) is 38.8 Å². The molecule has 1 aromatic heterocycles. The molecule has 5 nitrogen and oxygen atoms in total. The fraction of sp³-hybridized carbons (Fsp3) is 0.529. The van der Waals surface area contributed by atoms with Crippen LogP contribution < -0.4 is 10.6 Å².